The van der Waals surface area contributed by atoms with Crippen LogP contribution in [0.15, 0.2) is 26.0 Å². The standard InChI is InChI=1S/C13H17Br2NO2S/c1-9-7-12(15)13(8-11(9)14)19(17,18)16-6-4-3-5-10(16)2/h7-8,10H,3-6H2,1-2H3. The van der Waals surface area contributed by atoms with Crippen molar-refractivity contribution in [2.75, 3.05) is 6.54 Å². The molecule has 0 radical (unpaired) electrons. The van der Waals surface area contributed by atoms with Crippen molar-refractivity contribution in [1.82, 2.24) is 4.31 Å². The first-order valence-corrected chi connectivity index (χ1v) is 9.34. The van der Waals surface area contributed by atoms with E-state index in [4.69, 9.17) is 0 Å². The van der Waals surface area contributed by atoms with Gasteiger partial charge in [0.2, 0.25) is 10.0 Å². The quantitative estimate of drug-likeness (QED) is 0.736. The molecule has 1 aliphatic heterocycles. The molecule has 1 atom stereocenters. The SMILES string of the molecule is Cc1cc(Br)c(S(=O)(=O)N2CCCCC2C)cc1Br. The number of halogens is 2. The van der Waals surface area contributed by atoms with Crippen LogP contribution in [0, 0.1) is 6.92 Å². The van der Waals surface area contributed by atoms with Gasteiger partial charge in [-0.15, -0.1) is 0 Å². The summed E-state index contributed by atoms with van der Waals surface area (Å²) in [6.45, 7) is 4.53. The molecule has 0 bridgehead atoms. The molecule has 0 amide bonds. The zero-order valence-corrected chi connectivity index (χ0v) is 15.0. The molecule has 0 aromatic heterocycles. The van der Waals surface area contributed by atoms with E-state index in [1.165, 1.54) is 0 Å². The zero-order chi connectivity index (χ0) is 14.2. The van der Waals surface area contributed by atoms with E-state index >= 15 is 0 Å². The van der Waals surface area contributed by atoms with E-state index < -0.39 is 10.0 Å². The van der Waals surface area contributed by atoms with Crippen molar-refractivity contribution in [3.63, 3.8) is 0 Å². The number of piperidine rings is 1. The minimum absolute atomic E-state index is 0.0747. The van der Waals surface area contributed by atoms with Gasteiger partial charge in [0.05, 0.1) is 4.90 Å². The Kier molecular flexibility index (Phi) is 4.75. The molecule has 0 spiro atoms. The fourth-order valence-electron chi connectivity index (χ4n) is 2.38. The third kappa shape index (κ3) is 3.06. The lowest BCUT2D eigenvalue weighted by Gasteiger charge is -2.32. The summed E-state index contributed by atoms with van der Waals surface area (Å²) in [5.41, 5.74) is 1.01. The van der Waals surface area contributed by atoms with Gasteiger partial charge in [-0.25, -0.2) is 8.42 Å². The summed E-state index contributed by atoms with van der Waals surface area (Å²) in [6.07, 6.45) is 2.98. The molecule has 1 unspecified atom stereocenters. The summed E-state index contributed by atoms with van der Waals surface area (Å²) >= 11 is 6.78. The molecule has 19 heavy (non-hydrogen) atoms. The number of aryl methyl sites for hydroxylation is 1. The Morgan fingerprint density at radius 1 is 1.21 bits per heavy atom. The molecular weight excluding hydrogens is 394 g/mol. The lowest BCUT2D eigenvalue weighted by Crippen LogP contribution is -2.42. The fraction of sp³-hybridized carbons (Fsp3) is 0.538. The van der Waals surface area contributed by atoms with Gasteiger partial charge in [-0.1, -0.05) is 22.4 Å². The molecule has 3 nitrogen and oxygen atoms in total. The minimum atomic E-state index is -3.42. The van der Waals surface area contributed by atoms with Crippen molar-refractivity contribution >= 4 is 41.9 Å². The molecule has 1 aromatic rings. The van der Waals surface area contributed by atoms with E-state index in [9.17, 15) is 8.42 Å². The smallest absolute Gasteiger partial charge is 0.207 e. The molecule has 0 saturated carbocycles. The minimum Gasteiger partial charge on any atom is -0.207 e. The fourth-order valence-corrected chi connectivity index (χ4v) is 5.72. The van der Waals surface area contributed by atoms with E-state index in [1.54, 1.807) is 10.4 Å². The molecule has 1 aliphatic rings. The molecular formula is C13H17Br2NO2S. The molecule has 1 aromatic carbocycles. The number of sulfonamides is 1. The van der Waals surface area contributed by atoms with Crippen molar-refractivity contribution in [2.45, 2.75) is 44.0 Å². The van der Waals surface area contributed by atoms with Crippen LogP contribution in [0.1, 0.15) is 31.7 Å². The van der Waals surface area contributed by atoms with E-state index in [2.05, 4.69) is 31.9 Å². The topological polar surface area (TPSA) is 37.4 Å². The first-order valence-electron chi connectivity index (χ1n) is 6.31. The highest BCUT2D eigenvalue weighted by Crippen LogP contribution is 2.33. The Morgan fingerprint density at radius 2 is 1.89 bits per heavy atom. The van der Waals surface area contributed by atoms with Gasteiger partial charge in [-0.05, 0) is 60.3 Å². The summed E-state index contributed by atoms with van der Waals surface area (Å²) in [7, 11) is -3.42. The van der Waals surface area contributed by atoms with Crippen LogP contribution in [-0.4, -0.2) is 25.3 Å². The average molecular weight is 411 g/mol. The van der Waals surface area contributed by atoms with Crippen LogP contribution < -0.4 is 0 Å². The third-order valence-corrected chi connectivity index (χ3v) is 7.37. The Morgan fingerprint density at radius 3 is 2.53 bits per heavy atom. The van der Waals surface area contributed by atoms with Gasteiger partial charge in [-0.3, -0.25) is 0 Å². The summed E-state index contributed by atoms with van der Waals surface area (Å²) in [4.78, 5) is 0.346. The van der Waals surface area contributed by atoms with Gasteiger partial charge in [0, 0.05) is 21.5 Å². The van der Waals surface area contributed by atoms with E-state index in [0.717, 1.165) is 29.3 Å². The van der Waals surface area contributed by atoms with Crippen LogP contribution in [0.25, 0.3) is 0 Å². The summed E-state index contributed by atoms with van der Waals surface area (Å²) in [5.74, 6) is 0. The van der Waals surface area contributed by atoms with Crippen molar-refractivity contribution in [2.24, 2.45) is 0 Å². The lowest BCUT2D eigenvalue weighted by atomic mass is 10.1. The monoisotopic (exact) mass is 409 g/mol. The highest BCUT2D eigenvalue weighted by molar-refractivity contribution is 9.11. The van der Waals surface area contributed by atoms with Crippen LogP contribution >= 0.6 is 31.9 Å². The second kappa shape index (κ2) is 5.84. The van der Waals surface area contributed by atoms with Crippen molar-refractivity contribution < 1.29 is 8.42 Å². The van der Waals surface area contributed by atoms with E-state index in [0.29, 0.717) is 15.9 Å². The van der Waals surface area contributed by atoms with Crippen molar-refractivity contribution in [1.29, 1.82) is 0 Å². The largest absolute Gasteiger partial charge is 0.244 e. The molecule has 2 rings (SSSR count). The van der Waals surface area contributed by atoms with E-state index in [-0.39, 0.29) is 6.04 Å². The normalized spacial score (nSPS) is 21.6. The van der Waals surface area contributed by atoms with Crippen LogP contribution in [0.4, 0.5) is 0 Å². The van der Waals surface area contributed by atoms with Gasteiger partial charge in [-0.2, -0.15) is 4.31 Å². The van der Waals surface area contributed by atoms with Gasteiger partial charge in [0.25, 0.3) is 0 Å². The highest BCUT2D eigenvalue weighted by Gasteiger charge is 2.32. The van der Waals surface area contributed by atoms with Gasteiger partial charge < -0.3 is 0 Å². The second-order valence-electron chi connectivity index (χ2n) is 4.99. The molecule has 1 saturated heterocycles. The predicted molar refractivity (Wildman–Crippen MR) is 83.8 cm³/mol. The molecule has 0 N–H and O–H groups in total. The average Bonchev–Trinajstić information content (AvgIpc) is 2.34. The summed E-state index contributed by atoms with van der Waals surface area (Å²) < 4.78 is 28.6. The number of rotatable bonds is 2. The number of benzene rings is 1. The Labute approximate surface area is 131 Å². The van der Waals surface area contributed by atoms with Crippen molar-refractivity contribution in [3.8, 4) is 0 Å². The molecule has 106 valence electrons. The lowest BCUT2D eigenvalue weighted by molar-refractivity contribution is 0.268. The molecule has 1 heterocycles. The van der Waals surface area contributed by atoms with Crippen molar-refractivity contribution in [3.05, 3.63) is 26.6 Å². The van der Waals surface area contributed by atoms with Gasteiger partial charge in [0.15, 0.2) is 0 Å². The maximum atomic E-state index is 12.8. The third-order valence-electron chi connectivity index (χ3n) is 3.54. The number of nitrogens with zero attached hydrogens (tertiary/aromatic N) is 1. The number of hydrogen-bond donors (Lipinski definition) is 0. The molecule has 6 heteroatoms. The summed E-state index contributed by atoms with van der Waals surface area (Å²) in [5, 5.41) is 0. The second-order valence-corrected chi connectivity index (χ2v) is 8.56. The maximum absolute atomic E-state index is 12.8. The molecule has 1 fully saturated rings. The Balaban J connectivity index is 2.47. The van der Waals surface area contributed by atoms with Crippen LogP contribution in [0.3, 0.4) is 0 Å². The van der Waals surface area contributed by atoms with Crippen LogP contribution in [0.2, 0.25) is 0 Å². The Hall–Kier alpha value is 0.0900. The predicted octanol–water partition coefficient (Wildman–Crippen LogP) is 4.08. The first-order chi connectivity index (χ1) is 8.84. The van der Waals surface area contributed by atoms with Gasteiger partial charge in [0.1, 0.15) is 0 Å². The summed E-state index contributed by atoms with van der Waals surface area (Å²) in [6, 6.07) is 3.60. The highest BCUT2D eigenvalue weighted by atomic mass is 79.9. The van der Waals surface area contributed by atoms with Crippen LogP contribution in [-0.2, 0) is 10.0 Å². The maximum Gasteiger partial charge on any atom is 0.244 e. The zero-order valence-electron chi connectivity index (χ0n) is 11.0. The van der Waals surface area contributed by atoms with Gasteiger partial charge >= 0.3 is 0 Å². The van der Waals surface area contributed by atoms with Crippen LogP contribution in [0.5, 0.6) is 0 Å². The van der Waals surface area contributed by atoms with E-state index in [1.807, 2.05) is 19.9 Å². The first kappa shape index (κ1) is 15.5. The number of hydrogen-bond acceptors (Lipinski definition) is 2. The Bertz CT molecular complexity index is 587. The molecule has 0 aliphatic carbocycles.